The van der Waals surface area contributed by atoms with Crippen LogP contribution in [0.15, 0.2) is 49.1 Å². The first-order valence-corrected chi connectivity index (χ1v) is 11.1. The van der Waals surface area contributed by atoms with E-state index in [1.54, 1.807) is 24.7 Å². The van der Waals surface area contributed by atoms with Crippen molar-refractivity contribution in [3.63, 3.8) is 0 Å². The molecule has 2 aromatic rings. The van der Waals surface area contributed by atoms with Gasteiger partial charge in [0.25, 0.3) is 0 Å². The Hall–Kier alpha value is -3.13. The topological polar surface area (TPSA) is 87.4 Å². The molecule has 0 aliphatic carbocycles. The summed E-state index contributed by atoms with van der Waals surface area (Å²) in [6, 6.07) is 3.63. The number of ether oxygens (including phenoxy) is 2. The van der Waals surface area contributed by atoms with Crippen LogP contribution in [0.3, 0.4) is 0 Å². The van der Waals surface area contributed by atoms with E-state index < -0.39 is 17.6 Å². The molecule has 33 heavy (non-hydrogen) atoms. The number of hydrogen-bond acceptors (Lipinski definition) is 6. The number of nitrogens with zero attached hydrogens (tertiary/aromatic N) is 3. The monoisotopic (exact) mass is 456 g/mol. The lowest BCUT2D eigenvalue weighted by Crippen LogP contribution is -2.44. The maximum atomic E-state index is 12.3. The molecular weight excluding hydrogens is 420 g/mol. The SMILES string of the molecule is CC(C)[C@H](NCC=CC(=O)OCC=Cc1ccc(Cn2ccnc2)n1C)C(=O)OC(C)(C)C. The highest BCUT2D eigenvalue weighted by Crippen LogP contribution is 2.12. The van der Waals surface area contributed by atoms with E-state index >= 15 is 0 Å². The van der Waals surface area contributed by atoms with Gasteiger partial charge >= 0.3 is 11.9 Å². The molecule has 0 saturated heterocycles. The van der Waals surface area contributed by atoms with E-state index in [4.69, 9.17) is 9.47 Å². The van der Waals surface area contributed by atoms with Crippen LogP contribution in [-0.4, -0.2) is 50.9 Å². The maximum Gasteiger partial charge on any atom is 0.330 e. The lowest BCUT2D eigenvalue weighted by Gasteiger charge is -2.26. The summed E-state index contributed by atoms with van der Waals surface area (Å²) in [5, 5.41) is 3.12. The fourth-order valence-electron chi connectivity index (χ4n) is 3.12. The predicted octanol–water partition coefficient (Wildman–Crippen LogP) is 3.34. The van der Waals surface area contributed by atoms with Gasteiger partial charge in [-0.3, -0.25) is 4.79 Å². The van der Waals surface area contributed by atoms with Gasteiger partial charge in [0, 0.05) is 43.4 Å². The number of hydrogen-bond donors (Lipinski definition) is 1. The summed E-state index contributed by atoms with van der Waals surface area (Å²) < 4.78 is 14.7. The van der Waals surface area contributed by atoms with Crippen LogP contribution in [0.25, 0.3) is 6.08 Å². The smallest absolute Gasteiger partial charge is 0.330 e. The number of carbonyl (C=O) groups excluding carboxylic acids is 2. The third-order valence-corrected chi connectivity index (χ3v) is 4.82. The molecule has 2 heterocycles. The van der Waals surface area contributed by atoms with Crippen LogP contribution in [0.2, 0.25) is 0 Å². The lowest BCUT2D eigenvalue weighted by atomic mass is 10.0. The van der Waals surface area contributed by atoms with Crippen molar-refractivity contribution in [1.82, 2.24) is 19.4 Å². The Morgan fingerprint density at radius 2 is 1.97 bits per heavy atom. The molecular formula is C25H36N4O4. The lowest BCUT2D eigenvalue weighted by molar-refractivity contribution is -0.158. The molecule has 180 valence electrons. The molecule has 2 rings (SSSR count). The van der Waals surface area contributed by atoms with Crippen molar-refractivity contribution in [3.8, 4) is 0 Å². The largest absolute Gasteiger partial charge is 0.459 e. The van der Waals surface area contributed by atoms with Crippen molar-refractivity contribution >= 4 is 18.0 Å². The fraction of sp³-hybridized carbons (Fsp3) is 0.480. The van der Waals surface area contributed by atoms with Gasteiger partial charge in [-0.25, -0.2) is 9.78 Å². The van der Waals surface area contributed by atoms with Gasteiger partial charge in [-0.2, -0.15) is 0 Å². The Bertz CT molecular complexity index is 950. The molecule has 1 atom stereocenters. The van der Waals surface area contributed by atoms with E-state index in [-0.39, 0.29) is 18.5 Å². The van der Waals surface area contributed by atoms with E-state index in [9.17, 15) is 9.59 Å². The third kappa shape index (κ3) is 9.10. The number of rotatable bonds is 11. The zero-order chi connectivity index (χ0) is 24.4. The molecule has 8 heteroatoms. The van der Waals surface area contributed by atoms with Crippen LogP contribution >= 0.6 is 0 Å². The second-order valence-corrected chi connectivity index (χ2v) is 9.14. The van der Waals surface area contributed by atoms with Crippen molar-refractivity contribution in [2.45, 2.75) is 52.8 Å². The molecule has 0 saturated carbocycles. The van der Waals surface area contributed by atoms with Crippen LogP contribution in [0, 0.1) is 5.92 Å². The Morgan fingerprint density at radius 1 is 1.21 bits per heavy atom. The molecule has 0 aliphatic rings. The van der Waals surface area contributed by atoms with Crippen molar-refractivity contribution in [3.05, 3.63) is 60.5 Å². The highest BCUT2D eigenvalue weighted by atomic mass is 16.6. The van der Waals surface area contributed by atoms with E-state index in [0.717, 1.165) is 17.9 Å². The highest BCUT2D eigenvalue weighted by Gasteiger charge is 2.26. The molecule has 0 bridgehead atoms. The van der Waals surface area contributed by atoms with Gasteiger partial charge in [-0.15, -0.1) is 0 Å². The van der Waals surface area contributed by atoms with Crippen LogP contribution in [-0.2, 0) is 32.7 Å². The van der Waals surface area contributed by atoms with Crippen LogP contribution < -0.4 is 5.32 Å². The van der Waals surface area contributed by atoms with Gasteiger partial charge < -0.3 is 23.9 Å². The summed E-state index contributed by atoms with van der Waals surface area (Å²) in [5.41, 5.74) is 1.62. The fourth-order valence-corrected chi connectivity index (χ4v) is 3.12. The summed E-state index contributed by atoms with van der Waals surface area (Å²) in [5.74, 6) is -0.678. The average molecular weight is 457 g/mol. The summed E-state index contributed by atoms with van der Waals surface area (Å²) >= 11 is 0. The molecule has 0 aliphatic heterocycles. The molecule has 0 unspecified atom stereocenters. The van der Waals surface area contributed by atoms with Gasteiger partial charge in [0.2, 0.25) is 0 Å². The standard InChI is InChI=1S/C25H36N4O4/c1-19(2)23(24(31)33-25(3,4)5)27-13-7-10-22(30)32-16-8-9-20-11-12-21(28(20)6)17-29-15-14-26-18-29/h7-12,14-15,18-19,23,27H,13,16-17H2,1-6H3/t23-/m0/s1. The highest BCUT2D eigenvalue weighted by molar-refractivity contribution is 5.82. The molecule has 2 aromatic heterocycles. The number of esters is 2. The molecule has 0 amide bonds. The number of imidazole rings is 1. The zero-order valence-corrected chi connectivity index (χ0v) is 20.4. The summed E-state index contributed by atoms with van der Waals surface area (Å²) in [7, 11) is 2.00. The van der Waals surface area contributed by atoms with Crippen LogP contribution in [0.4, 0.5) is 0 Å². The van der Waals surface area contributed by atoms with Crippen LogP contribution in [0.5, 0.6) is 0 Å². The molecule has 0 spiro atoms. The Morgan fingerprint density at radius 3 is 2.61 bits per heavy atom. The molecule has 0 radical (unpaired) electrons. The first-order valence-electron chi connectivity index (χ1n) is 11.1. The Labute approximate surface area is 196 Å². The first-order chi connectivity index (χ1) is 15.6. The Balaban J connectivity index is 1.74. The number of carbonyl (C=O) groups is 2. The quantitative estimate of drug-likeness (QED) is 0.412. The van der Waals surface area contributed by atoms with Gasteiger partial charge in [-0.1, -0.05) is 19.9 Å². The van der Waals surface area contributed by atoms with Crippen molar-refractivity contribution < 1.29 is 19.1 Å². The van der Waals surface area contributed by atoms with E-state index in [1.807, 2.05) is 64.6 Å². The average Bonchev–Trinajstić information content (AvgIpc) is 3.34. The molecule has 0 aromatic carbocycles. The normalized spacial score (nSPS) is 13.2. The van der Waals surface area contributed by atoms with Crippen LogP contribution in [0.1, 0.15) is 46.0 Å². The van der Waals surface area contributed by atoms with Crippen molar-refractivity contribution in [2.24, 2.45) is 13.0 Å². The summed E-state index contributed by atoms with van der Waals surface area (Å²) in [4.78, 5) is 28.3. The minimum Gasteiger partial charge on any atom is -0.459 e. The van der Waals surface area contributed by atoms with Gasteiger partial charge in [0.1, 0.15) is 18.2 Å². The number of aromatic nitrogens is 3. The van der Waals surface area contributed by atoms with E-state index in [0.29, 0.717) is 6.54 Å². The van der Waals surface area contributed by atoms with E-state index in [2.05, 4.69) is 20.9 Å². The summed E-state index contributed by atoms with van der Waals surface area (Å²) in [6.45, 7) is 10.7. The molecule has 8 nitrogen and oxygen atoms in total. The van der Waals surface area contributed by atoms with Gasteiger partial charge in [0.05, 0.1) is 12.9 Å². The van der Waals surface area contributed by atoms with E-state index in [1.165, 1.54) is 6.08 Å². The van der Waals surface area contributed by atoms with Crippen molar-refractivity contribution in [2.75, 3.05) is 13.2 Å². The Kier molecular flexibility index (Phi) is 9.66. The molecule has 1 N–H and O–H groups in total. The number of nitrogens with one attached hydrogen (secondary N) is 1. The first kappa shape index (κ1) is 26.1. The minimum atomic E-state index is -0.542. The second kappa shape index (κ2) is 12.2. The van der Waals surface area contributed by atoms with Gasteiger partial charge in [0.15, 0.2) is 0 Å². The minimum absolute atomic E-state index is 0.0586. The third-order valence-electron chi connectivity index (χ3n) is 4.82. The zero-order valence-electron chi connectivity index (χ0n) is 20.4. The second-order valence-electron chi connectivity index (χ2n) is 9.14. The summed E-state index contributed by atoms with van der Waals surface area (Å²) in [6.07, 6.45) is 12.2. The maximum absolute atomic E-state index is 12.3. The predicted molar refractivity (Wildman–Crippen MR) is 128 cm³/mol. The van der Waals surface area contributed by atoms with Gasteiger partial charge in [-0.05, 0) is 51.0 Å². The van der Waals surface area contributed by atoms with Crippen molar-refractivity contribution in [1.29, 1.82) is 0 Å². The molecule has 0 fully saturated rings.